The van der Waals surface area contributed by atoms with Crippen molar-refractivity contribution in [3.05, 3.63) is 29.0 Å². The van der Waals surface area contributed by atoms with Crippen molar-refractivity contribution in [1.29, 1.82) is 0 Å². The van der Waals surface area contributed by atoms with Crippen molar-refractivity contribution in [1.82, 2.24) is 5.32 Å². The molecular formula is C15H20F3NO3S. The molecule has 23 heavy (non-hydrogen) atoms. The lowest BCUT2D eigenvalue weighted by Crippen LogP contribution is -2.44. The van der Waals surface area contributed by atoms with Crippen LogP contribution in [0.15, 0.2) is 24.1 Å². The first-order valence-electron chi connectivity index (χ1n) is 7.06. The zero-order valence-corrected chi connectivity index (χ0v) is 13.5. The van der Waals surface area contributed by atoms with E-state index in [2.05, 4.69) is 11.9 Å². The van der Waals surface area contributed by atoms with Gasteiger partial charge in [-0.05, 0) is 25.8 Å². The molecule has 0 spiro atoms. The third-order valence-corrected chi connectivity index (χ3v) is 4.34. The van der Waals surface area contributed by atoms with Gasteiger partial charge in [0.1, 0.15) is 10.6 Å². The van der Waals surface area contributed by atoms with E-state index in [0.717, 1.165) is 31.2 Å². The second-order valence-electron chi connectivity index (χ2n) is 5.02. The number of halogens is 3. The molecule has 4 nitrogen and oxygen atoms in total. The summed E-state index contributed by atoms with van der Waals surface area (Å²) < 4.78 is 39.9. The maximum Gasteiger partial charge on any atom is 0.425 e. The van der Waals surface area contributed by atoms with Gasteiger partial charge in [0.15, 0.2) is 0 Å². The van der Waals surface area contributed by atoms with Gasteiger partial charge in [-0.2, -0.15) is 13.2 Å². The van der Waals surface area contributed by atoms with Gasteiger partial charge in [0.05, 0.1) is 13.0 Å². The predicted octanol–water partition coefficient (Wildman–Crippen LogP) is 3.58. The monoisotopic (exact) mass is 351 g/mol. The number of ether oxygens (including phenoxy) is 1. The van der Waals surface area contributed by atoms with Gasteiger partial charge in [-0.15, -0.1) is 17.9 Å². The molecule has 0 amide bonds. The average Bonchev–Trinajstić information content (AvgIpc) is 2.95. The molecule has 1 aromatic rings. The van der Waals surface area contributed by atoms with Crippen LogP contribution in [0.5, 0.6) is 5.75 Å². The standard InChI is InChI=1S/C10H17NO2.C5H3F3OS/c1-3-5-9-8(10(12)13-2)6-4-7-11-9;6-5(7,8)4-1-3(9)2-10-4/h3,8-9,11H,1,4-7H2,2H3;1-2,9H. The van der Waals surface area contributed by atoms with E-state index in [-0.39, 0.29) is 23.7 Å². The van der Waals surface area contributed by atoms with E-state index in [9.17, 15) is 18.0 Å². The molecule has 0 aromatic carbocycles. The van der Waals surface area contributed by atoms with E-state index in [0.29, 0.717) is 17.4 Å². The van der Waals surface area contributed by atoms with Crippen molar-refractivity contribution < 1.29 is 27.8 Å². The topological polar surface area (TPSA) is 58.6 Å². The van der Waals surface area contributed by atoms with Gasteiger partial charge in [0, 0.05) is 17.5 Å². The Morgan fingerprint density at radius 3 is 2.74 bits per heavy atom. The third-order valence-electron chi connectivity index (χ3n) is 3.37. The number of nitrogens with one attached hydrogen (secondary N) is 1. The summed E-state index contributed by atoms with van der Waals surface area (Å²) in [5.41, 5.74) is 0. The zero-order valence-electron chi connectivity index (χ0n) is 12.7. The molecule has 2 atom stereocenters. The summed E-state index contributed by atoms with van der Waals surface area (Å²) in [5, 5.41) is 12.9. The van der Waals surface area contributed by atoms with Crippen LogP contribution >= 0.6 is 11.3 Å². The lowest BCUT2D eigenvalue weighted by Gasteiger charge is -2.29. The Bertz CT molecular complexity index is 516. The van der Waals surface area contributed by atoms with Crippen molar-refractivity contribution >= 4 is 17.3 Å². The van der Waals surface area contributed by atoms with Gasteiger partial charge in [0.25, 0.3) is 0 Å². The van der Waals surface area contributed by atoms with E-state index in [4.69, 9.17) is 9.84 Å². The van der Waals surface area contributed by atoms with Crippen LogP contribution in [-0.2, 0) is 15.7 Å². The lowest BCUT2D eigenvalue weighted by atomic mass is 9.89. The summed E-state index contributed by atoms with van der Waals surface area (Å²) in [6.07, 6.45) is 0.329. The molecule has 1 aliphatic rings. The highest BCUT2D eigenvalue weighted by Gasteiger charge is 2.32. The second kappa shape index (κ2) is 8.93. The molecular weight excluding hydrogens is 331 g/mol. The summed E-state index contributed by atoms with van der Waals surface area (Å²) >= 11 is 0.481. The molecule has 0 radical (unpaired) electrons. The summed E-state index contributed by atoms with van der Waals surface area (Å²) in [4.78, 5) is 10.6. The summed E-state index contributed by atoms with van der Waals surface area (Å²) in [7, 11) is 1.45. The smallest absolute Gasteiger partial charge is 0.425 e. The van der Waals surface area contributed by atoms with Gasteiger partial charge in [0.2, 0.25) is 0 Å². The lowest BCUT2D eigenvalue weighted by molar-refractivity contribution is -0.147. The fourth-order valence-electron chi connectivity index (χ4n) is 2.29. The normalized spacial score (nSPS) is 21.0. The molecule has 0 bridgehead atoms. The molecule has 2 unspecified atom stereocenters. The van der Waals surface area contributed by atoms with Gasteiger partial charge >= 0.3 is 12.1 Å². The Hall–Kier alpha value is -1.54. The van der Waals surface area contributed by atoms with Crippen LogP contribution in [0.3, 0.4) is 0 Å². The first-order valence-corrected chi connectivity index (χ1v) is 7.94. The molecule has 2 rings (SSSR count). The number of aromatic hydroxyl groups is 1. The van der Waals surface area contributed by atoms with Gasteiger partial charge in [-0.3, -0.25) is 4.79 Å². The fraction of sp³-hybridized carbons (Fsp3) is 0.533. The Labute approximate surface area is 137 Å². The quantitative estimate of drug-likeness (QED) is 0.646. The van der Waals surface area contributed by atoms with Gasteiger partial charge in [-0.1, -0.05) is 6.08 Å². The van der Waals surface area contributed by atoms with Crippen LogP contribution in [0.2, 0.25) is 0 Å². The number of rotatable bonds is 3. The molecule has 0 aliphatic carbocycles. The van der Waals surface area contributed by atoms with Crippen LogP contribution < -0.4 is 5.32 Å². The summed E-state index contributed by atoms with van der Waals surface area (Å²) in [5.74, 6) is -0.423. The molecule has 2 N–H and O–H groups in total. The molecule has 8 heteroatoms. The molecule has 2 heterocycles. The SMILES string of the molecule is C=CCC1NCCCC1C(=O)OC.Oc1csc(C(F)(F)F)c1. The summed E-state index contributed by atoms with van der Waals surface area (Å²) in [6, 6.07) is 0.920. The Morgan fingerprint density at radius 1 is 1.61 bits per heavy atom. The Balaban J connectivity index is 0.000000238. The van der Waals surface area contributed by atoms with E-state index in [1.165, 1.54) is 7.11 Å². The first kappa shape index (κ1) is 19.5. The van der Waals surface area contributed by atoms with Gasteiger partial charge < -0.3 is 15.2 Å². The number of carbonyl (C=O) groups is 1. The second-order valence-corrected chi connectivity index (χ2v) is 5.94. The highest BCUT2D eigenvalue weighted by atomic mass is 32.1. The number of esters is 1. The molecule has 1 fully saturated rings. The van der Waals surface area contributed by atoms with E-state index in [1.807, 2.05) is 6.08 Å². The fourth-order valence-corrected chi connectivity index (χ4v) is 2.93. The van der Waals surface area contributed by atoms with Crippen molar-refractivity contribution in [2.75, 3.05) is 13.7 Å². The van der Waals surface area contributed by atoms with Crippen LogP contribution in [0.1, 0.15) is 24.1 Å². The Morgan fingerprint density at radius 2 is 2.30 bits per heavy atom. The average molecular weight is 351 g/mol. The predicted molar refractivity (Wildman–Crippen MR) is 82.3 cm³/mol. The minimum absolute atomic E-state index is 0.0109. The maximum atomic E-state index is 11.7. The molecule has 0 saturated carbocycles. The zero-order chi connectivity index (χ0) is 17.5. The number of methoxy groups -OCH3 is 1. The minimum atomic E-state index is -4.33. The van der Waals surface area contributed by atoms with E-state index < -0.39 is 11.1 Å². The maximum absolute atomic E-state index is 11.7. The van der Waals surface area contributed by atoms with Crippen LogP contribution in [0.25, 0.3) is 0 Å². The number of carbonyl (C=O) groups excluding carboxylic acids is 1. The number of thiophene rings is 1. The van der Waals surface area contributed by atoms with Crippen molar-refractivity contribution in [3.63, 3.8) is 0 Å². The number of hydrogen-bond acceptors (Lipinski definition) is 5. The van der Waals surface area contributed by atoms with Crippen molar-refractivity contribution in [2.45, 2.75) is 31.5 Å². The van der Waals surface area contributed by atoms with E-state index in [1.54, 1.807) is 0 Å². The van der Waals surface area contributed by atoms with Crippen molar-refractivity contribution in [2.24, 2.45) is 5.92 Å². The minimum Gasteiger partial charge on any atom is -0.507 e. The number of hydrogen-bond donors (Lipinski definition) is 2. The van der Waals surface area contributed by atoms with Gasteiger partial charge in [-0.25, -0.2) is 0 Å². The Kier molecular flexibility index (Phi) is 7.57. The number of alkyl halides is 3. The third kappa shape index (κ3) is 6.23. The highest BCUT2D eigenvalue weighted by molar-refractivity contribution is 7.10. The first-order chi connectivity index (χ1) is 10.8. The molecule has 1 aliphatic heterocycles. The highest BCUT2D eigenvalue weighted by Crippen LogP contribution is 2.35. The molecule has 1 saturated heterocycles. The summed E-state index contributed by atoms with van der Waals surface area (Å²) in [6.45, 7) is 4.67. The van der Waals surface area contributed by atoms with Crippen LogP contribution in [-0.4, -0.2) is 30.8 Å². The van der Waals surface area contributed by atoms with Crippen molar-refractivity contribution in [3.8, 4) is 5.75 Å². The molecule has 130 valence electrons. The van der Waals surface area contributed by atoms with Crippen LogP contribution in [0, 0.1) is 5.92 Å². The van der Waals surface area contributed by atoms with Crippen LogP contribution in [0.4, 0.5) is 13.2 Å². The number of piperidine rings is 1. The molecule has 1 aromatic heterocycles. The van der Waals surface area contributed by atoms with E-state index >= 15 is 0 Å². The largest absolute Gasteiger partial charge is 0.507 e.